The fraction of sp³-hybridized carbons (Fsp3) is 0.696. The standard InChI is InChI=1S/C23H39N5O2.HI/c1-24-23(25-12-15-28-14-7-13-27(2)16-17-28)26-18-19-8-6-11-21(29-3)22(19)30-20-9-4-5-10-20;/h6,8,11,20H,4-5,7,9-10,12-18H2,1-3H3,(H2,24,25,26);1H. The summed E-state index contributed by atoms with van der Waals surface area (Å²) >= 11 is 0. The quantitative estimate of drug-likeness (QED) is 0.298. The molecule has 2 aliphatic rings. The molecule has 0 spiro atoms. The highest BCUT2D eigenvalue weighted by atomic mass is 127. The topological polar surface area (TPSA) is 61.4 Å². The summed E-state index contributed by atoms with van der Waals surface area (Å²) in [6.07, 6.45) is 6.28. The van der Waals surface area contributed by atoms with Gasteiger partial charge < -0.3 is 29.9 Å². The van der Waals surface area contributed by atoms with Gasteiger partial charge in [0, 0.05) is 45.3 Å². The van der Waals surface area contributed by atoms with E-state index < -0.39 is 0 Å². The maximum atomic E-state index is 6.34. The van der Waals surface area contributed by atoms with E-state index in [4.69, 9.17) is 9.47 Å². The van der Waals surface area contributed by atoms with Crippen LogP contribution in [0.15, 0.2) is 23.2 Å². The molecule has 3 rings (SSSR count). The maximum absolute atomic E-state index is 6.34. The highest BCUT2D eigenvalue weighted by Crippen LogP contribution is 2.34. The minimum absolute atomic E-state index is 0. The largest absolute Gasteiger partial charge is 0.493 e. The predicted molar refractivity (Wildman–Crippen MR) is 138 cm³/mol. The second-order valence-electron chi connectivity index (χ2n) is 8.32. The molecule has 31 heavy (non-hydrogen) atoms. The van der Waals surface area contributed by atoms with Gasteiger partial charge in [-0.15, -0.1) is 24.0 Å². The Kier molecular flexibility index (Phi) is 11.7. The minimum atomic E-state index is 0. The second-order valence-corrected chi connectivity index (χ2v) is 8.32. The van der Waals surface area contributed by atoms with E-state index in [2.05, 4.69) is 38.5 Å². The third kappa shape index (κ3) is 8.31. The molecule has 0 unspecified atom stereocenters. The van der Waals surface area contributed by atoms with E-state index in [9.17, 15) is 0 Å². The average Bonchev–Trinajstić information content (AvgIpc) is 3.19. The van der Waals surface area contributed by atoms with Crippen LogP contribution in [0.1, 0.15) is 37.7 Å². The van der Waals surface area contributed by atoms with Crippen molar-refractivity contribution in [3.8, 4) is 11.5 Å². The molecule has 0 radical (unpaired) electrons. The number of nitrogens with zero attached hydrogens (tertiary/aromatic N) is 3. The number of likely N-dealkylation sites (N-methyl/N-ethyl adjacent to an activating group) is 1. The molecule has 1 aromatic rings. The van der Waals surface area contributed by atoms with Gasteiger partial charge in [0.15, 0.2) is 17.5 Å². The van der Waals surface area contributed by atoms with Gasteiger partial charge in [0.1, 0.15) is 0 Å². The van der Waals surface area contributed by atoms with Gasteiger partial charge in [0.2, 0.25) is 0 Å². The van der Waals surface area contributed by atoms with Crippen LogP contribution in [0.5, 0.6) is 11.5 Å². The van der Waals surface area contributed by atoms with E-state index in [1.54, 1.807) is 7.11 Å². The van der Waals surface area contributed by atoms with Crippen molar-refractivity contribution in [2.24, 2.45) is 4.99 Å². The number of hydrogen-bond acceptors (Lipinski definition) is 5. The van der Waals surface area contributed by atoms with Gasteiger partial charge >= 0.3 is 0 Å². The fourth-order valence-corrected chi connectivity index (χ4v) is 4.22. The van der Waals surface area contributed by atoms with E-state index >= 15 is 0 Å². The number of guanidine groups is 1. The number of halogens is 1. The number of ether oxygens (including phenoxy) is 2. The molecule has 7 nitrogen and oxygen atoms in total. The Balaban J connectivity index is 0.00000341. The second kappa shape index (κ2) is 14.0. The van der Waals surface area contributed by atoms with Crippen molar-refractivity contribution >= 4 is 29.9 Å². The van der Waals surface area contributed by atoms with Crippen LogP contribution in [-0.2, 0) is 6.54 Å². The molecular weight excluding hydrogens is 505 g/mol. The van der Waals surface area contributed by atoms with Crippen LogP contribution in [0.4, 0.5) is 0 Å². The Morgan fingerprint density at radius 3 is 2.65 bits per heavy atom. The molecular formula is C23H40IN5O2. The Hall–Kier alpha value is -1.26. The molecule has 1 saturated heterocycles. The first-order valence-electron chi connectivity index (χ1n) is 11.4. The number of hydrogen-bond donors (Lipinski definition) is 2. The predicted octanol–water partition coefficient (Wildman–Crippen LogP) is 2.94. The fourth-order valence-electron chi connectivity index (χ4n) is 4.22. The lowest BCUT2D eigenvalue weighted by Gasteiger charge is -2.22. The van der Waals surface area contributed by atoms with E-state index in [0.717, 1.165) is 62.0 Å². The Labute approximate surface area is 205 Å². The summed E-state index contributed by atoms with van der Waals surface area (Å²) in [4.78, 5) is 9.32. The molecule has 8 heteroatoms. The van der Waals surface area contributed by atoms with Gasteiger partial charge in [0.25, 0.3) is 0 Å². The number of para-hydroxylation sites is 1. The average molecular weight is 546 g/mol. The lowest BCUT2D eigenvalue weighted by Crippen LogP contribution is -2.42. The maximum Gasteiger partial charge on any atom is 0.191 e. The van der Waals surface area contributed by atoms with Gasteiger partial charge in [-0.1, -0.05) is 12.1 Å². The molecule has 1 heterocycles. The van der Waals surface area contributed by atoms with Gasteiger partial charge in [-0.3, -0.25) is 4.99 Å². The zero-order valence-electron chi connectivity index (χ0n) is 19.4. The number of benzene rings is 1. The van der Waals surface area contributed by atoms with Gasteiger partial charge in [-0.25, -0.2) is 0 Å². The Bertz CT molecular complexity index is 682. The van der Waals surface area contributed by atoms with Crippen LogP contribution < -0.4 is 20.1 Å². The van der Waals surface area contributed by atoms with Crippen molar-refractivity contribution < 1.29 is 9.47 Å². The molecule has 1 aromatic carbocycles. The monoisotopic (exact) mass is 545 g/mol. The van der Waals surface area contributed by atoms with Crippen molar-refractivity contribution in [1.82, 2.24) is 20.4 Å². The number of aliphatic imine (C=N–C) groups is 1. The number of nitrogens with one attached hydrogen (secondary N) is 2. The lowest BCUT2D eigenvalue weighted by molar-refractivity contribution is 0.198. The van der Waals surface area contributed by atoms with Crippen LogP contribution >= 0.6 is 24.0 Å². The Morgan fingerprint density at radius 1 is 1.10 bits per heavy atom. The molecule has 0 bridgehead atoms. The van der Waals surface area contributed by atoms with Crippen LogP contribution in [0.3, 0.4) is 0 Å². The first kappa shape index (κ1) is 26.0. The molecule has 0 atom stereocenters. The van der Waals surface area contributed by atoms with Crippen molar-refractivity contribution in [2.75, 3.05) is 60.5 Å². The summed E-state index contributed by atoms with van der Waals surface area (Å²) in [5.74, 6) is 2.48. The third-order valence-corrected chi connectivity index (χ3v) is 6.07. The smallest absolute Gasteiger partial charge is 0.191 e. The third-order valence-electron chi connectivity index (χ3n) is 6.07. The summed E-state index contributed by atoms with van der Waals surface area (Å²) in [6, 6.07) is 6.09. The summed E-state index contributed by atoms with van der Waals surface area (Å²) < 4.78 is 11.9. The van der Waals surface area contributed by atoms with Gasteiger partial charge in [-0.2, -0.15) is 0 Å². The SMILES string of the molecule is CN=C(NCCN1CCCN(C)CC1)NCc1cccc(OC)c1OC1CCCC1.I. The van der Waals surface area contributed by atoms with E-state index in [1.807, 2.05) is 19.2 Å². The number of methoxy groups -OCH3 is 1. The van der Waals surface area contributed by atoms with Crippen LogP contribution in [-0.4, -0.2) is 82.3 Å². The summed E-state index contributed by atoms with van der Waals surface area (Å²) in [5.41, 5.74) is 1.10. The Morgan fingerprint density at radius 2 is 1.90 bits per heavy atom. The first-order valence-corrected chi connectivity index (χ1v) is 11.4. The highest BCUT2D eigenvalue weighted by Gasteiger charge is 2.20. The molecule has 1 saturated carbocycles. The van der Waals surface area contributed by atoms with Crippen LogP contribution in [0.25, 0.3) is 0 Å². The first-order chi connectivity index (χ1) is 14.7. The molecule has 1 aliphatic carbocycles. The normalized spacial score (nSPS) is 18.9. The van der Waals surface area contributed by atoms with E-state index in [-0.39, 0.29) is 24.0 Å². The van der Waals surface area contributed by atoms with Crippen molar-refractivity contribution in [2.45, 2.75) is 44.8 Å². The molecule has 2 fully saturated rings. The summed E-state index contributed by atoms with van der Waals surface area (Å²) in [7, 11) is 5.73. The van der Waals surface area contributed by atoms with Gasteiger partial charge in [0.05, 0.1) is 13.2 Å². The zero-order chi connectivity index (χ0) is 21.2. The molecule has 2 N–H and O–H groups in total. The highest BCUT2D eigenvalue weighted by molar-refractivity contribution is 14.0. The van der Waals surface area contributed by atoms with Crippen molar-refractivity contribution in [3.63, 3.8) is 0 Å². The summed E-state index contributed by atoms with van der Waals surface area (Å²) in [6.45, 7) is 7.20. The zero-order valence-corrected chi connectivity index (χ0v) is 21.7. The molecule has 0 amide bonds. The molecule has 176 valence electrons. The minimum Gasteiger partial charge on any atom is -0.493 e. The molecule has 0 aromatic heterocycles. The van der Waals surface area contributed by atoms with E-state index in [0.29, 0.717) is 12.6 Å². The number of rotatable bonds is 8. The van der Waals surface area contributed by atoms with Gasteiger partial charge in [-0.05, 0) is 58.3 Å². The van der Waals surface area contributed by atoms with Crippen LogP contribution in [0.2, 0.25) is 0 Å². The van der Waals surface area contributed by atoms with E-state index in [1.165, 1.54) is 32.4 Å². The summed E-state index contributed by atoms with van der Waals surface area (Å²) in [5, 5.41) is 6.89. The van der Waals surface area contributed by atoms with Crippen molar-refractivity contribution in [3.05, 3.63) is 23.8 Å². The lowest BCUT2D eigenvalue weighted by atomic mass is 10.1. The van der Waals surface area contributed by atoms with Crippen LogP contribution in [0, 0.1) is 0 Å². The van der Waals surface area contributed by atoms with Crippen molar-refractivity contribution in [1.29, 1.82) is 0 Å². The molecule has 1 aliphatic heterocycles.